The molecule has 0 aliphatic carbocycles. The molecular formula is C29H25F3N6O3. The minimum atomic E-state index is -1.43. The first kappa shape index (κ1) is 25.4. The SMILES string of the molecule is CNc1cc(F)c(F)c2c1[nH]c1ncc(-c3cc(F)c4ccc(C(=O)O)c(=O)n4c3)c(N3CC[C@H]4CN(C)C[C@H]43)c12. The van der Waals surface area contributed by atoms with E-state index in [1.165, 1.54) is 24.5 Å². The molecule has 3 N–H and O–H groups in total. The number of H-pyrrole nitrogens is 1. The van der Waals surface area contributed by atoms with Crippen LogP contribution in [0.1, 0.15) is 16.8 Å². The highest BCUT2D eigenvalue weighted by molar-refractivity contribution is 6.18. The molecule has 0 amide bonds. The van der Waals surface area contributed by atoms with Crippen LogP contribution in [-0.2, 0) is 0 Å². The minimum absolute atomic E-state index is 0.0232. The van der Waals surface area contributed by atoms with Gasteiger partial charge in [0.2, 0.25) is 0 Å². The molecule has 9 nitrogen and oxygen atoms in total. The van der Waals surface area contributed by atoms with Crippen molar-refractivity contribution in [1.82, 2.24) is 19.3 Å². The van der Waals surface area contributed by atoms with Crippen molar-refractivity contribution in [3.8, 4) is 11.1 Å². The largest absolute Gasteiger partial charge is 0.477 e. The quantitative estimate of drug-likeness (QED) is 0.300. The van der Waals surface area contributed by atoms with Gasteiger partial charge in [-0.2, -0.15) is 0 Å². The van der Waals surface area contributed by atoms with E-state index in [9.17, 15) is 19.1 Å². The van der Waals surface area contributed by atoms with Gasteiger partial charge in [-0.25, -0.2) is 22.9 Å². The molecule has 0 unspecified atom stereocenters. The summed E-state index contributed by atoms with van der Waals surface area (Å²) in [6.45, 7) is 2.28. The highest BCUT2D eigenvalue weighted by atomic mass is 19.2. The number of carbonyl (C=O) groups is 1. The number of likely N-dealkylation sites (tertiary alicyclic amines) is 1. The number of carboxylic acid groups (broad SMARTS) is 1. The fourth-order valence-electron chi connectivity index (χ4n) is 6.67. The molecule has 0 radical (unpaired) electrons. The van der Waals surface area contributed by atoms with Gasteiger partial charge in [0.25, 0.3) is 5.56 Å². The van der Waals surface area contributed by atoms with E-state index in [0.717, 1.165) is 36.0 Å². The van der Waals surface area contributed by atoms with Crippen LogP contribution in [0.3, 0.4) is 0 Å². The van der Waals surface area contributed by atoms with Gasteiger partial charge < -0.3 is 25.2 Å². The smallest absolute Gasteiger partial charge is 0.341 e. The molecule has 7 rings (SSSR count). The average Bonchev–Trinajstić information content (AvgIpc) is 3.62. The summed E-state index contributed by atoms with van der Waals surface area (Å²) in [6.07, 6.45) is 3.78. The van der Waals surface area contributed by atoms with Gasteiger partial charge in [0.15, 0.2) is 11.6 Å². The highest BCUT2D eigenvalue weighted by Crippen LogP contribution is 2.46. The van der Waals surface area contributed by atoms with Gasteiger partial charge in [-0.15, -0.1) is 0 Å². The van der Waals surface area contributed by atoms with E-state index >= 15 is 8.78 Å². The van der Waals surface area contributed by atoms with Crippen molar-refractivity contribution >= 4 is 44.8 Å². The molecule has 5 aromatic rings. The van der Waals surface area contributed by atoms with Crippen molar-refractivity contribution in [2.45, 2.75) is 12.5 Å². The Bertz CT molecular complexity index is 1990. The topological polar surface area (TPSA) is 106 Å². The van der Waals surface area contributed by atoms with E-state index in [0.29, 0.717) is 46.0 Å². The van der Waals surface area contributed by atoms with E-state index in [2.05, 4.69) is 25.1 Å². The minimum Gasteiger partial charge on any atom is -0.477 e. The molecule has 2 aliphatic heterocycles. The summed E-state index contributed by atoms with van der Waals surface area (Å²) in [5.41, 5.74) is 0.777. The Kier molecular flexibility index (Phi) is 5.55. The lowest BCUT2D eigenvalue weighted by Crippen LogP contribution is -2.35. The molecule has 12 heteroatoms. The third kappa shape index (κ3) is 3.63. The van der Waals surface area contributed by atoms with Crippen LogP contribution in [-0.4, -0.2) is 70.1 Å². The third-order valence-electron chi connectivity index (χ3n) is 8.50. The Hall–Kier alpha value is -4.58. The van der Waals surface area contributed by atoms with E-state index in [4.69, 9.17) is 0 Å². The maximum atomic E-state index is 15.6. The number of benzene rings is 1. The number of nitrogens with zero attached hydrogens (tertiary/aromatic N) is 4. The number of aromatic nitrogens is 3. The predicted octanol–water partition coefficient (Wildman–Crippen LogP) is 4.29. The molecule has 0 saturated carbocycles. The van der Waals surface area contributed by atoms with Crippen LogP contribution < -0.4 is 15.8 Å². The van der Waals surface area contributed by atoms with Crippen LogP contribution in [0.5, 0.6) is 0 Å². The maximum absolute atomic E-state index is 15.6. The van der Waals surface area contributed by atoms with E-state index < -0.39 is 34.5 Å². The molecule has 2 aliphatic rings. The van der Waals surface area contributed by atoms with Gasteiger partial charge in [-0.1, -0.05) is 0 Å². The number of likely N-dealkylation sites (N-methyl/N-ethyl adjacent to an activating group) is 1. The molecule has 2 saturated heterocycles. The number of anilines is 2. The highest BCUT2D eigenvalue weighted by Gasteiger charge is 2.42. The van der Waals surface area contributed by atoms with Crippen molar-refractivity contribution in [1.29, 1.82) is 0 Å². The molecule has 6 heterocycles. The molecule has 4 aromatic heterocycles. The predicted molar refractivity (Wildman–Crippen MR) is 149 cm³/mol. The fraction of sp³-hybridized carbons (Fsp3) is 0.276. The number of aromatic amines is 1. The van der Waals surface area contributed by atoms with E-state index in [1.807, 2.05) is 7.05 Å². The number of carboxylic acids is 1. The number of pyridine rings is 3. The lowest BCUT2D eigenvalue weighted by atomic mass is 10.00. The molecule has 41 heavy (non-hydrogen) atoms. The normalized spacial score (nSPS) is 19.1. The zero-order chi connectivity index (χ0) is 28.7. The molecule has 2 fully saturated rings. The van der Waals surface area contributed by atoms with Crippen molar-refractivity contribution in [3.05, 3.63) is 70.0 Å². The van der Waals surface area contributed by atoms with Crippen LogP contribution in [0.15, 0.2) is 41.5 Å². The molecule has 210 valence electrons. The van der Waals surface area contributed by atoms with Gasteiger partial charge in [-0.3, -0.25) is 9.20 Å². The van der Waals surface area contributed by atoms with Crippen LogP contribution in [0.2, 0.25) is 0 Å². The third-order valence-corrected chi connectivity index (χ3v) is 8.50. The average molecular weight is 563 g/mol. The molecular weight excluding hydrogens is 537 g/mol. The van der Waals surface area contributed by atoms with Crippen LogP contribution in [0.4, 0.5) is 24.5 Å². The van der Waals surface area contributed by atoms with Gasteiger partial charge in [0.05, 0.1) is 33.2 Å². The Morgan fingerprint density at radius 2 is 1.95 bits per heavy atom. The van der Waals surface area contributed by atoms with Crippen molar-refractivity contribution in [3.63, 3.8) is 0 Å². The molecule has 0 bridgehead atoms. The maximum Gasteiger partial charge on any atom is 0.341 e. The number of hydrogen-bond acceptors (Lipinski definition) is 6. The van der Waals surface area contributed by atoms with Crippen LogP contribution in [0.25, 0.3) is 38.6 Å². The molecule has 0 spiro atoms. The second-order valence-electron chi connectivity index (χ2n) is 10.8. The van der Waals surface area contributed by atoms with Crippen molar-refractivity contribution < 1.29 is 23.1 Å². The first-order valence-electron chi connectivity index (χ1n) is 13.2. The second kappa shape index (κ2) is 8.96. The second-order valence-corrected chi connectivity index (χ2v) is 10.8. The van der Waals surface area contributed by atoms with Crippen molar-refractivity contribution in [2.75, 3.05) is 43.9 Å². The number of hydrogen-bond donors (Lipinski definition) is 3. The van der Waals surface area contributed by atoms with Gasteiger partial charge >= 0.3 is 5.97 Å². The lowest BCUT2D eigenvalue weighted by Gasteiger charge is -2.29. The standard InChI is InChI=1S/C29H25F3N6O3/c1-33-19-8-18(31)24(32)22-23-26(37-6-5-13-10-36(2)12-21(13)37)16(9-34-27(23)35-25(19)22)14-7-17(30)20-4-3-15(29(40)41)28(39)38(20)11-14/h3-4,7-9,11,13,21,33H,5-6,10,12H2,1-2H3,(H,34,35)(H,40,41)/t13-,21+/m0/s1. The summed E-state index contributed by atoms with van der Waals surface area (Å²) >= 11 is 0. The van der Waals surface area contributed by atoms with E-state index in [1.54, 1.807) is 7.05 Å². The Morgan fingerprint density at radius 1 is 1.15 bits per heavy atom. The first-order valence-corrected chi connectivity index (χ1v) is 13.2. The van der Waals surface area contributed by atoms with Crippen LogP contribution >= 0.6 is 0 Å². The number of aromatic carboxylic acids is 1. The summed E-state index contributed by atoms with van der Waals surface area (Å²) in [5, 5.41) is 12.7. The Balaban J connectivity index is 1.59. The number of nitrogens with one attached hydrogen (secondary N) is 2. The van der Waals surface area contributed by atoms with Gasteiger partial charge in [-0.05, 0) is 37.6 Å². The number of halogens is 3. The first-order chi connectivity index (χ1) is 19.7. The summed E-state index contributed by atoms with van der Waals surface area (Å²) in [4.78, 5) is 36.7. The monoisotopic (exact) mass is 562 g/mol. The summed E-state index contributed by atoms with van der Waals surface area (Å²) in [7, 11) is 3.64. The zero-order valence-electron chi connectivity index (χ0n) is 22.1. The summed E-state index contributed by atoms with van der Waals surface area (Å²) < 4.78 is 46.9. The van der Waals surface area contributed by atoms with Gasteiger partial charge in [0, 0.05) is 62.3 Å². The van der Waals surface area contributed by atoms with Crippen molar-refractivity contribution in [2.24, 2.45) is 5.92 Å². The van der Waals surface area contributed by atoms with Crippen LogP contribution in [0, 0.1) is 23.4 Å². The number of rotatable bonds is 4. The van der Waals surface area contributed by atoms with E-state index in [-0.39, 0.29) is 22.5 Å². The Labute approximate surface area is 230 Å². The summed E-state index contributed by atoms with van der Waals surface area (Å²) in [6, 6.07) is 4.72. The molecule has 2 atom stereocenters. The molecule has 1 aromatic carbocycles. The fourth-order valence-corrected chi connectivity index (χ4v) is 6.67. The zero-order valence-corrected chi connectivity index (χ0v) is 22.1. The number of fused-ring (bicyclic) bond motifs is 5. The lowest BCUT2D eigenvalue weighted by molar-refractivity contribution is 0.0694. The summed E-state index contributed by atoms with van der Waals surface area (Å²) in [5.74, 6) is -3.87. The Morgan fingerprint density at radius 3 is 2.71 bits per heavy atom. The van der Waals surface area contributed by atoms with Gasteiger partial charge in [0.1, 0.15) is 17.0 Å².